The fourth-order valence-corrected chi connectivity index (χ4v) is 3.66. The van der Waals surface area contributed by atoms with Gasteiger partial charge < -0.3 is 15.7 Å². The first-order valence-corrected chi connectivity index (χ1v) is 9.32. The van der Waals surface area contributed by atoms with Crippen molar-refractivity contribution >= 4 is 29.1 Å². The van der Waals surface area contributed by atoms with Crippen LogP contribution in [0, 0.1) is 5.82 Å². The molecule has 0 bridgehead atoms. The van der Waals surface area contributed by atoms with Crippen LogP contribution in [-0.2, 0) is 6.54 Å². The Morgan fingerprint density at radius 3 is 2.71 bits per heavy atom. The highest BCUT2D eigenvalue weighted by Gasteiger charge is 2.32. The predicted molar refractivity (Wildman–Crippen MR) is 104 cm³/mol. The summed E-state index contributed by atoms with van der Waals surface area (Å²) in [7, 11) is 0. The Bertz CT molecular complexity index is 998. The number of nitrogens with two attached hydrogens (primary N) is 1. The molecule has 1 fully saturated rings. The van der Waals surface area contributed by atoms with E-state index in [0.717, 1.165) is 12.8 Å². The van der Waals surface area contributed by atoms with Gasteiger partial charge in [0.05, 0.1) is 23.0 Å². The highest BCUT2D eigenvalue weighted by molar-refractivity contribution is 6.31. The van der Waals surface area contributed by atoms with Gasteiger partial charge in [-0.15, -0.1) is 0 Å². The molecule has 0 amide bonds. The first kappa shape index (κ1) is 18.8. The number of aliphatic imine (C=N–C) groups is 1. The molecule has 0 unspecified atom stereocenters. The smallest absolute Gasteiger partial charge is 0.358 e. The zero-order valence-corrected chi connectivity index (χ0v) is 16.0. The maximum absolute atomic E-state index is 14.5. The number of fused-ring (bicyclic) bond motifs is 1. The third-order valence-corrected chi connectivity index (χ3v) is 5.47. The van der Waals surface area contributed by atoms with Gasteiger partial charge in [-0.3, -0.25) is 4.99 Å². The van der Waals surface area contributed by atoms with E-state index in [9.17, 15) is 14.3 Å². The van der Waals surface area contributed by atoms with Gasteiger partial charge in [0.25, 0.3) is 0 Å². The summed E-state index contributed by atoms with van der Waals surface area (Å²) in [5.74, 6) is -1.49. The van der Waals surface area contributed by atoms with E-state index in [1.807, 2.05) is 11.8 Å². The summed E-state index contributed by atoms with van der Waals surface area (Å²) in [6.45, 7) is 3.38. The van der Waals surface area contributed by atoms with Crippen LogP contribution in [0.1, 0.15) is 47.2 Å². The summed E-state index contributed by atoms with van der Waals surface area (Å²) in [4.78, 5) is 27.0. The van der Waals surface area contributed by atoms with E-state index in [4.69, 9.17) is 17.3 Å². The van der Waals surface area contributed by atoms with Gasteiger partial charge in [0, 0.05) is 24.2 Å². The van der Waals surface area contributed by atoms with Crippen LogP contribution in [0.25, 0.3) is 0 Å². The third-order valence-electron chi connectivity index (χ3n) is 5.18. The van der Waals surface area contributed by atoms with Crippen molar-refractivity contribution in [2.45, 2.75) is 31.8 Å². The summed E-state index contributed by atoms with van der Waals surface area (Å²) >= 11 is 5.87. The molecular weight excluding hydrogens is 385 g/mol. The SMILES string of the molecule is CC1(N)CCN(c2nc3c(nc2C(=O)O)C(c2cccc(Cl)c2F)=NC3)CC1. The van der Waals surface area contributed by atoms with E-state index in [1.165, 1.54) is 12.1 Å². The number of benzene rings is 1. The van der Waals surface area contributed by atoms with Crippen LogP contribution in [0.3, 0.4) is 0 Å². The third kappa shape index (κ3) is 3.22. The molecule has 0 aliphatic carbocycles. The Morgan fingerprint density at radius 1 is 1.32 bits per heavy atom. The van der Waals surface area contributed by atoms with Crippen molar-refractivity contribution in [3.63, 3.8) is 0 Å². The van der Waals surface area contributed by atoms with Crippen LogP contribution in [0.2, 0.25) is 5.02 Å². The van der Waals surface area contributed by atoms with E-state index < -0.39 is 11.8 Å². The van der Waals surface area contributed by atoms with Gasteiger partial charge in [0.2, 0.25) is 0 Å². The zero-order valence-electron chi connectivity index (χ0n) is 15.2. The second-order valence-corrected chi connectivity index (χ2v) is 7.81. The number of piperidine rings is 1. The number of anilines is 1. The van der Waals surface area contributed by atoms with E-state index in [2.05, 4.69) is 15.0 Å². The number of nitrogens with zero attached hydrogens (tertiary/aromatic N) is 4. The second-order valence-electron chi connectivity index (χ2n) is 7.40. The maximum atomic E-state index is 14.5. The van der Waals surface area contributed by atoms with Gasteiger partial charge in [-0.05, 0) is 31.9 Å². The average molecular weight is 404 g/mol. The number of hydrogen-bond acceptors (Lipinski definition) is 6. The Labute approximate surface area is 166 Å². The van der Waals surface area contributed by atoms with Crippen molar-refractivity contribution in [1.29, 1.82) is 0 Å². The molecule has 2 aromatic rings. The monoisotopic (exact) mass is 403 g/mol. The molecule has 1 saturated heterocycles. The highest BCUT2D eigenvalue weighted by Crippen LogP contribution is 2.30. The quantitative estimate of drug-likeness (QED) is 0.816. The summed E-state index contributed by atoms with van der Waals surface area (Å²) in [5, 5.41) is 9.66. The Morgan fingerprint density at radius 2 is 2.04 bits per heavy atom. The van der Waals surface area contributed by atoms with Gasteiger partial charge in [0.1, 0.15) is 5.69 Å². The fraction of sp³-hybridized carbons (Fsp3) is 0.368. The number of aromatic carboxylic acids is 1. The summed E-state index contributed by atoms with van der Waals surface area (Å²) in [6, 6.07) is 4.59. The van der Waals surface area contributed by atoms with Crippen molar-refractivity contribution in [3.8, 4) is 0 Å². The minimum absolute atomic E-state index is 0.0326. The van der Waals surface area contributed by atoms with Crippen molar-refractivity contribution < 1.29 is 14.3 Å². The average Bonchev–Trinajstić information content (AvgIpc) is 3.06. The van der Waals surface area contributed by atoms with Gasteiger partial charge in [-0.2, -0.15) is 0 Å². The van der Waals surface area contributed by atoms with Gasteiger partial charge >= 0.3 is 5.97 Å². The normalized spacial score (nSPS) is 18.0. The fourth-order valence-electron chi connectivity index (χ4n) is 3.48. The number of halogens is 2. The van der Waals surface area contributed by atoms with Crippen LogP contribution >= 0.6 is 11.6 Å². The minimum atomic E-state index is -1.19. The lowest BCUT2D eigenvalue weighted by Gasteiger charge is -2.37. The molecule has 7 nitrogen and oxygen atoms in total. The van der Waals surface area contributed by atoms with Crippen LogP contribution in [0.5, 0.6) is 0 Å². The van der Waals surface area contributed by atoms with E-state index >= 15 is 0 Å². The molecule has 2 aliphatic rings. The predicted octanol–water partition coefficient (Wildman–Crippen LogP) is 2.64. The van der Waals surface area contributed by atoms with E-state index in [-0.39, 0.29) is 39.8 Å². The second kappa shape index (κ2) is 6.79. The Kier molecular flexibility index (Phi) is 4.55. The van der Waals surface area contributed by atoms with Crippen molar-refractivity contribution in [2.24, 2.45) is 10.7 Å². The number of aromatic nitrogens is 2. The zero-order chi connectivity index (χ0) is 20.1. The Hall–Kier alpha value is -2.58. The molecule has 3 N–H and O–H groups in total. The largest absolute Gasteiger partial charge is 0.476 e. The molecule has 2 aliphatic heterocycles. The van der Waals surface area contributed by atoms with E-state index in [0.29, 0.717) is 24.6 Å². The lowest BCUT2D eigenvalue weighted by Crippen LogP contribution is -2.48. The maximum Gasteiger partial charge on any atom is 0.358 e. The summed E-state index contributed by atoms with van der Waals surface area (Å²) < 4.78 is 14.5. The molecule has 0 spiro atoms. The molecule has 1 aromatic carbocycles. The van der Waals surface area contributed by atoms with Crippen LogP contribution in [-0.4, -0.2) is 45.4 Å². The van der Waals surface area contributed by atoms with Crippen molar-refractivity contribution in [2.75, 3.05) is 18.0 Å². The molecular formula is C19H19ClFN5O2. The standard InChI is InChI=1S/C19H19ClFN5O2/c1-19(22)5-7-26(8-6-19)17-16(18(27)28)25-15-12(24-17)9-23-14(15)10-3-2-4-11(20)13(10)21/h2-4H,5-9,22H2,1H3,(H,27,28). The number of carbonyl (C=O) groups is 1. The van der Waals surface area contributed by atoms with Crippen molar-refractivity contribution in [3.05, 3.63) is 51.7 Å². The minimum Gasteiger partial charge on any atom is -0.476 e. The molecule has 0 atom stereocenters. The van der Waals surface area contributed by atoms with Gasteiger partial charge in [-0.25, -0.2) is 19.2 Å². The molecule has 3 heterocycles. The molecule has 146 valence electrons. The van der Waals surface area contributed by atoms with Crippen LogP contribution in [0.15, 0.2) is 23.2 Å². The lowest BCUT2D eigenvalue weighted by molar-refractivity contribution is 0.0690. The number of rotatable bonds is 3. The van der Waals surface area contributed by atoms with Gasteiger partial charge in [-0.1, -0.05) is 17.7 Å². The first-order valence-electron chi connectivity index (χ1n) is 8.94. The van der Waals surface area contributed by atoms with Gasteiger partial charge in [0.15, 0.2) is 17.3 Å². The lowest BCUT2D eigenvalue weighted by atomic mass is 9.91. The molecule has 0 saturated carbocycles. The molecule has 1 aromatic heterocycles. The first-order chi connectivity index (χ1) is 13.3. The number of hydrogen-bond donors (Lipinski definition) is 2. The highest BCUT2D eigenvalue weighted by atomic mass is 35.5. The van der Waals surface area contributed by atoms with Crippen LogP contribution < -0.4 is 10.6 Å². The van der Waals surface area contributed by atoms with E-state index in [1.54, 1.807) is 6.07 Å². The topological polar surface area (TPSA) is 105 Å². The molecule has 28 heavy (non-hydrogen) atoms. The molecule has 4 rings (SSSR count). The van der Waals surface area contributed by atoms with Crippen molar-refractivity contribution in [1.82, 2.24) is 9.97 Å². The molecule has 9 heteroatoms. The number of carboxylic acids is 1. The number of carboxylic acid groups (broad SMARTS) is 1. The Balaban J connectivity index is 1.75. The summed E-state index contributed by atoms with van der Waals surface area (Å²) in [6.07, 6.45) is 1.45. The molecule has 0 radical (unpaired) electrons. The summed E-state index contributed by atoms with van der Waals surface area (Å²) in [5.41, 5.74) is 6.98. The van der Waals surface area contributed by atoms with Crippen LogP contribution in [0.4, 0.5) is 10.2 Å².